The van der Waals surface area contributed by atoms with Crippen molar-refractivity contribution in [2.75, 3.05) is 5.32 Å². The average Bonchev–Trinajstić information content (AvgIpc) is 2.25. The molecule has 0 unspecified atom stereocenters. The molecule has 110 valence electrons. The number of nitrogens with one attached hydrogen (secondary N) is 1. The van der Waals surface area contributed by atoms with Crippen molar-refractivity contribution in [3.8, 4) is 0 Å². The third kappa shape index (κ3) is 4.69. The Hall–Kier alpha value is -1.83. The minimum absolute atomic E-state index is 0.104. The van der Waals surface area contributed by atoms with Gasteiger partial charge in [0.25, 0.3) is 0 Å². The van der Waals surface area contributed by atoms with Crippen molar-refractivity contribution in [1.29, 1.82) is 0 Å². The normalized spacial score (nSPS) is 11.9. The van der Waals surface area contributed by atoms with E-state index >= 15 is 0 Å². The van der Waals surface area contributed by atoms with Crippen molar-refractivity contribution in [2.45, 2.75) is 25.8 Å². The van der Waals surface area contributed by atoms with E-state index < -0.39 is 26.4 Å². The predicted molar refractivity (Wildman–Crippen MR) is 69.9 cm³/mol. The smallest absolute Gasteiger partial charge is 0.471 e. The van der Waals surface area contributed by atoms with Gasteiger partial charge in [-0.2, -0.15) is 13.2 Å². The zero-order valence-corrected chi connectivity index (χ0v) is 12.2. The number of rotatable bonds is 3. The molecule has 20 heavy (non-hydrogen) atoms. The Morgan fingerprint density at radius 1 is 1.15 bits per heavy atom. The largest absolute Gasteiger partial charge is 0.516 e. The van der Waals surface area contributed by atoms with E-state index in [1.165, 1.54) is 24.3 Å². The van der Waals surface area contributed by atoms with Crippen LogP contribution in [0.1, 0.15) is 10.4 Å². The van der Waals surface area contributed by atoms with Gasteiger partial charge in [-0.05, 0) is 31.8 Å². The second-order valence-electron chi connectivity index (χ2n) is 5.00. The lowest BCUT2D eigenvalue weighted by molar-refractivity contribution is -0.167. The highest BCUT2D eigenvalue weighted by atomic mass is 28.4. The van der Waals surface area contributed by atoms with Gasteiger partial charge in [-0.1, -0.05) is 12.1 Å². The van der Waals surface area contributed by atoms with E-state index in [-0.39, 0.29) is 11.3 Å². The van der Waals surface area contributed by atoms with Gasteiger partial charge in [-0.25, -0.2) is 4.79 Å². The first-order chi connectivity index (χ1) is 9.00. The molecule has 0 bridgehead atoms. The quantitative estimate of drug-likeness (QED) is 0.873. The summed E-state index contributed by atoms with van der Waals surface area (Å²) in [4.78, 5) is 22.8. The summed E-state index contributed by atoms with van der Waals surface area (Å²) in [5.74, 6) is -2.88. The summed E-state index contributed by atoms with van der Waals surface area (Å²) in [6, 6.07) is 5.40. The van der Waals surface area contributed by atoms with Crippen molar-refractivity contribution < 1.29 is 27.2 Å². The Bertz CT molecular complexity index is 523. The Balaban J connectivity index is 3.00. The van der Waals surface area contributed by atoms with Crippen LogP contribution in [0.3, 0.4) is 0 Å². The summed E-state index contributed by atoms with van der Waals surface area (Å²) in [6.07, 6.45) is -5.02. The van der Waals surface area contributed by atoms with Crippen LogP contribution in [0.4, 0.5) is 18.9 Å². The lowest BCUT2D eigenvalue weighted by atomic mass is 10.2. The first-order valence-corrected chi connectivity index (χ1v) is 9.12. The van der Waals surface area contributed by atoms with E-state index in [9.17, 15) is 22.8 Å². The van der Waals surface area contributed by atoms with Crippen LogP contribution in [0.25, 0.3) is 0 Å². The fourth-order valence-corrected chi connectivity index (χ4v) is 1.96. The zero-order valence-electron chi connectivity index (χ0n) is 11.2. The maximum Gasteiger partial charge on any atom is 0.471 e. The first-order valence-electron chi connectivity index (χ1n) is 5.71. The van der Waals surface area contributed by atoms with E-state index in [1.807, 2.05) is 0 Å². The topological polar surface area (TPSA) is 55.4 Å². The molecule has 0 atom stereocenters. The van der Waals surface area contributed by atoms with Gasteiger partial charge in [-0.3, -0.25) is 4.79 Å². The van der Waals surface area contributed by atoms with Gasteiger partial charge < -0.3 is 9.74 Å². The molecular weight excluding hydrogens is 291 g/mol. The van der Waals surface area contributed by atoms with Gasteiger partial charge in [0, 0.05) is 0 Å². The molecule has 1 amide bonds. The van der Waals surface area contributed by atoms with E-state index in [0.717, 1.165) is 0 Å². The lowest BCUT2D eigenvalue weighted by Gasteiger charge is -2.19. The molecular formula is C12H14F3NO3Si. The maximum atomic E-state index is 12.2. The van der Waals surface area contributed by atoms with Crippen molar-refractivity contribution in [1.82, 2.24) is 0 Å². The van der Waals surface area contributed by atoms with E-state index in [4.69, 9.17) is 4.43 Å². The van der Waals surface area contributed by atoms with Gasteiger partial charge in [0.2, 0.25) is 8.32 Å². The molecule has 0 radical (unpaired) electrons. The van der Waals surface area contributed by atoms with Crippen LogP contribution >= 0.6 is 0 Å². The molecule has 1 N–H and O–H groups in total. The SMILES string of the molecule is C[Si](C)(C)OC(=O)c1ccccc1NC(=O)C(F)(F)F. The highest BCUT2D eigenvalue weighted by Gasteiger charge is 2.39. The number of hydrogen-bond acceptors (Lipinski definition) is 3. The standard InChI is InChI=1S/C12H14F3NO3Si/c1-20(2,3)19-10(17)8-6-4-5-7-9(8)16-11(18)12(13,14)15/h4-7H,1-3H3,(H,16,18). The summed E-state index contributed by atoms with van der Waals surface area (Å²) >= 11 is 0. The fourth-order valence-electron chi connectivity index (χ4n) is 1.30. The van der Waals surface area contributed by atoms with Gasteiger partial charge in [0.15, 0.2) is 0 Å². The highest BCUT2D eigenvalue weighted by Crippen LogP contribution is 2.22. The van der Waals surface area contributed by atoms with Gasteiger partial charge in [-0.15, -0.1) is 0 Å². The molecule has 1 rings (SSSR count). The Morgan fingerprint density at radius 2 is 1.70 bits per heavy atom. The predicted octanol–water partition coefficient (Wildman–Crippen LogP) is 3.18. The average molecular weight is 305 g/mol. The number of amides is 1. The molecule has 0 spiro atoms. The number of para-hydroxylation sites is 1. The molecule has 0 aliphatic carbocycles. The molecule has 1 aromatic carbocycles. The molecule has 0 fully saturated rings. The molecule has 0 aliphatic heterocycles. The summed E-state index contributed by atoms with van der Waals surface area (Å²) in [5, 5.41) is 1.67. The van der Waals surface area contributed by atoms with Gasteiger partial charge in [0.05, 0.1) is 11.3 Å². The van der Waals surface area contributed by atoms with Crippen LogP contribution in [0.15, 0.2) is 24.3 Å². The minimum Gasteiger partial charge on any atom is -0.516 e. The molecule has 0 aromatic heterocycles. The van der Waals surface area contributed by atoms with Crippen LogP contribution in [-0.4, -0.2) is 26.4 Å². The van der Waals surface area contributed by atoms with Gasteiger partial charge in [0.1, 0.15) is 0 Å². The highest BCUT2D eigenvalue weighted by molar-refractivity contribution is 6.71. The Kier molecular flexibility index (Phi) is 4.59. The van der Waals surface area contributed by atoms with Crippen LogP contribution in [-0.2, 0) is 9.22 Å². The lowest BCUT2D eigenvalue weighted by Crippen LogP contribution is -2.32. The number of hydrogen-bond donors (Lipinski definition) is 1. The minimum atomic E-state index is -5.02. The second-order valence-corrected chi connectivity index (χ2v) is 9.43. The molecule has 8 heteroatoms. The Morgan fingerprint density at radius 3 is 2.20 bits per heavy atom. The van der Waals surface area contributed by atoms with E-state index in [1.54, 1.807) is 25.0 Å². The van der Waals surface area contributed by atoms with Crippen LogP contribution in [0.2, 0.25) is 19.6 Å². The number of carbonyl (C=O) groups excluding carboxylic acids is 2. The molecule has 0 saturated heterocycles. The molecule has 1 aromatic rings. The Labute approximate surface area is 115 Å². The van der Waals surface area contributed by atoms with Crippen LogP contribution in [0, 0.1) is 0 Å². The number of benzene rings is 1. The number of alkyl halides is 3. The van der Waals surface area contributed by atoms with Crippen LogP contribution < -0.4 is 5.32 Å². The number of carbonyl (C=O) groups is 2. The first kappa shape index (κ1) is 16.2. The van der Waals surface area contributed by atoms with E-state index in [2.05, 4.69) is 0 Å². The second kappa shape index (κ2) is 5.66. The third-order valence-corrected chi connectivity index (χ3v) is 2.85. The molecule has 4 nitrogen and oxygen atoms in total. The van der Waals surface area contributed by atoms with Crippen LogP contribution in [0.5, 0.6) is 0 Å². The molecule has 0 saturated carbocycles. The van der Waals surface area contributed by atoms with Gasteiger partial charge >= 0.3 is 18.1 Å². The van der Waals surface area contributed by atoms with Crippen molar-refractivity contribution in [3.63, 3.8) is 0 Å². The van der Waals surface area contributed by atoms with Crippen molar-refractivity contribution >= 4 is 25.9 Å². The summed E-state index contributed by atoms with van der Waals surface area (Å²) < 4.78 is 41.9. The van der Waals surface area contributed by atoms with E-state index in [0.29, 0.717) is 0 Å². The van der Waals surface area contributed by atoms with Crippen molar-refractivity contribution in [3.05, 3.63) is 29.8 Å². The van der Waals surface area contributed by atoms with Crippen molar-refractivity contribution in [2.24, 2.45) is 0 Å². The zero-order chi connectivity index (χ0) is 15.6. The molecule has 0 aliphatic rings. The summed E-state index contributed by atoms with van der Waals surface area (Å²) in [7, 11) is -2.19. The summed E-state index contributed by atoms with van der Waals surface area (Å²) in [6.45, 7) is 5.30. The monoisotopic (exact) mass is 305 g/mol. The summed E-state index contributed by atoms with van der Waals surface area (Å²) in [5.41, 5.74) is -0.328. The number of anilines is 1. The molecule has 0 heterocycles. The third-order valence-electron chi connectivity index (χ3n) is 2.05. The number of halogens is 3. The fraction of sp³-hybridized carbons (Fsp3) is 0.333. The maximum absolute atomic E-state index is 12.2.